The molecule has 0 amide bonds. The summed E-state index contributed by atoms with van der Waals surface area (Å²) in [6.45, 7) is 6.14. The van der Waals surface area contributed by atoms with Crippen LogP contribution in [-0.2, 0) is 6.42 Å². The number of hydrogen-bond donors (Lipinski definition) is 2. The predicted molar refractivity (Wildman–Crippen MR) is 61.1 cm³/mol. The molecule has 0 fully saturated rings. The van der Waals surface area contributed by atoms with E-state index in [1.165, 1.54) is 5.57 Å². The monoisotopic (exact) mass is 211 g/mol. The van der Waals surface area contributed by atoms with Crippen LogP contribution in [0.15, 0.2) is 17.0 Å². The average Bonchev–Trinajstić information content (AvgIpc) is 2.49. The molecular weight excluding hydrogens is 194 g/mol. The van der Waals surface area contributed by atoms with Crippen molar-refractivity contribution < 1.29 is 0 Å². The van der Waals surface area contributed by atoms with E-state index in [4.69, 9.17) is 5.84 Å². The first-order chi connectivity index (χ1) is 6.61. The number of aromatic nitrogens is 1. The highest BCUT2D eigenvalue weighted by atomic mass is 32.1. The molecule has 3 N–H and O–H groups in total. The summed E-state index contributed by atoms with van der Waals surface area (Å²) in [5, 5.41) is 3.19. The lowest BCUT2D eigenvalue weighted by atomic mass is 10.1. The standard InChI is InChI=1S/C10H17N3S/c1-7(2)4-9(13-11)5-10-12-8(3)6-14-10/h4,6,9,13H,5,11H2,1-3H3. The minimum absolute atomic E-state index is 0.186. The highest BCUT2D eigenvalue weighted by molar-refractivity contribution is 7.09. The maximum Gasteiger partial charge on any atom is 0.0947 e. The van der Waals surface area contributed by atoms with Gasteiger partial charge in [-0.25, -0.2) is 4.98 Å². The van der Waals surface area contributed by atoms with Gasteiger partial charge in [0, 0.05) is 23.5 Å². The van der Waals surface area contributed by atoms with Crippen LogP contribution in [0.4, 0.5) is 0 Å². The van der Waals surface area contributed by atoms with Crippen LogP contribution in [0.2, 0.25) is 0 Å². The Hall–Kier alpha value is -0.710. The Bertz CT molecular complexity index is 313. The van der Waals surface area contributed by atoms with Gasteiger partial charge >= 0.3 is 0 Å². The van der Waals surface area contributed by atoms with Gasteiger partial charge in [-0.2, -0.15) is 0 Å². The fourth-order valence-corrected chi connectivity index (χ4v) is 2.08. The van der Waals surface area contributed by atoms with Crippen LogP contribution in [0.1, 0.15) is 24.5 Å². The zero-order chi connectivity index (χ0) is 10.6. The van der Waals surface area contributed by atoms with Crippen LogP contribution in [0.5, 0.6) is 0 Å². The number of hydrazine groups is 1. The van der Waals surface area contributed by atoms with E-state index in [1.807, 2.05) is 6.92 Å². The van der Waals surface area contributed by atoms with Crippen LogP contribution >= 0.6 is 11.3 Å². The van der Waals surface area contributed by atoms with Gasteiger partial charge in [0.25, 0.3) is 0 Å². The van der Waals surface area contributed by atoms with Gasteiger partial charge in [-0.15, -0.1) is 11.3 Å². The molecular formula is C10H17N3S. The smallest absolute Gasteiger partial charge is 0.0947 e. The highest BCUT2D eigenvalue weighted by Crippen LogP contribution is 2.11. The van der Waals surface area contributed by atoms with Gasteiger partial charge in [0.05, 0.1) is 5.01 Å². The molecule has 1 heterocycles. The van der Waals surface area contributed by atoms with Crippen molar-refractivity contribution >= 4 is 11.3 Å². The quantitative estimate of drug-likeness (QED) is 0.453. The Kier molecular flexibility index (Phi) is 4.25. The molecule has 0 saturated carbocycles. The largest absolute Gasteiger partial charge is 0.271 e. The molecule has 1 aromatic heterocycles. The van der Waals surface area contributed by atoms with Gasteiger partial charge in [-0.05, 0) is 20.8 Å². The number of hydrogen-bond acceptors (Lipinski definition) is 4. The summed E-state index contributed by atoms with van der Waals surface area (Å²) < 4.78 is 0. The molecule has 78 valence electrons. The van der Waals surface area contributed by atoms with Crippen LogP contribution in [0.3, 0.4) is 0 Å². The lowest BCUT2D eigenvalue weighted by molar-refractivity contribution is 0.612. The molecule has 0 saturated heterocycles. The number of nitrogens with two attached hydrogens (primary N) is 1. The van der Waals surface area contributed by atoms with Gasteiger partial charge in [0.15, 0.2) is 0 Å². The Labute approximate surface area is 89.0 Å². The number of nitrogens with zero attached hydrogens (tertiary/aromatic N) is 1. The Morgan fingerprint density at radius 2 is 2.43 bits per heavy atom. The van der Waals surface area contributed by atoms with Crippen molar-refractivity contribution in [3.63, 3.8) is 0 Å². The number of rotatable bonds is 4. The molecule has 1 rings (SSSR count). The Morgan fingerprint density at radius 1 is 1.71 bits per heavy atom. The summed E-state index contributed by atoms with van der Waals surface area (Å²) in [5.74, 6) is 5.46. The van der Waals surface area contributed by atoms with Gasteiger partial charge in [0.2, 0.25) is 0 Å². The Balaban J connectivity index is 2.61. The maximum atomic E-state index is 5.46. The summed E-state index contributed by atoms with van der Waals surface area (Å²) in [6.07, 6.45) is 2.98. The minimum Gasteiger partial charge on any atom is -0.271 e. The molecule has 0 aliphatic carbocycles. The lowest BCUT2D eigenvalue weighted by Gasteiger charge is -2.09. The zero-order valence-electron chi connectivity index (χ0n) is 8.87. The predicted octanol–water partition coefficient (Wildman–Crippen LogP) is 1.79. The van der Waals surface area contributed by atoms with E-state index in [0.29, 0.717) is 0 Å². The van der Waals surface area contributed by atoms with Crippen LogP contribution in [0, 0.1) is 6.92 Å². The molecule has 1 aromatic rings. The lowest BCUT2D eigenvalue weighted by Crippen LogP contribution is -2.35. The summed E-state index contributed by atoms with van der Waals surface area (Å²) >= 11 is 1.68. The van der Waals surface area contributed by atoms with E-state index >= 15 is 0 Å². The molecule has 14 heavy (non-hydrogen) atoms. The van der Waals surface area contributed by atoms with Gasteiger partial charge < -0.3 is 0 Å². The van der Waals surface area contributed by atoms with Crippen LogP contribution in [-0.4, -0.2) is 11.0 Å². The minimum atomic E-state index is 0.186. The van der Waals surface area contributed by atoms with Crippen molar-refractivity contribution in [1.82, 2.24) is 10.4 Å². The van der Waals surface area contributed by atoms with E-state index in [1.54, 1.807) is 11.3 Å². The van der Waals surface area contributed by atoms with Crippen molar-refractivity contribution in [3.8, 4) is 0 Å². The summed E-state index contributed by atoms with van der Waals surface area (Å²) in [6, 6.07) is 0.186. The van der Waals surface area contributed by atoms with E-state index in [-0.39, 0.29) is 6.04 Å². The fourth-order valence-electron chi connectivity index (χ4n) is 1.25. The van der Waals surface area contributed by atoms with Gasteiger partial charge in [0.1, 0.15) is 0 Å². The highest BCUT2D eigenvalue weighted by Gasteiger charge is 2.06. The first kappa shape index (κ1) is 11.4. The molecule has 0 aliphatic heterocycles. The van der Waals surface area contributed by atoms with Gasteiger partial charge in [-0.1, -0.05) is 11.6 Å². The van der Waals surface area contributed by atoms with E-state index < -0.39 is 0 Å². The third-order valence-corrected chi connectivity index (χ3v) is 2.80. The number of aryl methyl sites for hydroxylation is 1. The topological polar surface area (TPSA) is 50.9 Å². The first-order valence-electron chi connectivity index (χ1n) is 4.64. The van der Waals surface area contributed by atoms with Crippen molar-refractivity contribution in [1.29, 1.82) is 0 Å². The second-order valence-electron chi connectivity index (χ2n) is 3.60. The summed E-state index contributed by atoms with van der Waals surface area (Å²) in [5.41, 5.74) is 5.13. The molecule has 0 bridgehead atoms. The van der Waals surface area contributed by atoms with Crippen molar-refractivity contribution in [2.75, 3.05) is 0 Å². The average molecular weight is 211 g/mol. The van der Waals surface area contributed by atoms with Gasteiger partial charge in [-0.3, -0.25) is 11.3 Å². The normalized spacial score (nSPS) is 12.6. The van der Waals surface area contributed by atoms with E-state index in [9.17, 15) is 0 Å². The third-order valence-electron chi connectivity index (χ3n) is 1.81. The zero-order valence-corrected chi connectivity index (χ0v) is 9.69. The molecule has 0 aromatic carbocycles. The van der Waals surface area contributed by atoms with E-state index in [0.717, 1.165) is 17.1 Å². The Morgan fingerprint density at radius 3 is 2.86 bits per heavy atom. The second-order valence-corrected chi connectivity index (χ2v) is 4.55. The van der Waals surface area contributed by atoms with Crippen LogP contribution < -0.4 is 11.3 Å². The molecule has 0 aliphatic rings. The number of nitrogens with one attached hydrogen (secondary N) is 1. The molecule has 1 unspecified atom stereocenters. The fraction of sp³-hybridized carbons (Fsp3) is 0.500. The van der Waals surface area contributed by atoms with Crippen LogP contribution in [0.25, 0.3) is 0 Å². The SMILES string of the molecule is CC(C)=CC(Cc1nc(C)cs1)NN. The number of allylic oxidation sites excluding steroid dienone is 1. The first-order valence-corrected chi connectivity index (χ1v) is 5.52. The maximum absolute atomic E-state index is 5.46. The van der Waals surface area contributed by atoms with E-state index in [2.05, 4.69) is 35.7 Å². The molecule has 0 spiro atoms. The number of thiazole rings is 1. The molecule has 0 radical (unpaired) electrons. The molecule has 4 heteroatoms. The molecule has 3 nitrogen and oxygen atoms in total. The molecule has 1 atom stereocenters. The summed E-state index contributed by atoms with van der Waals surface area (Å²) in [4.78, 5) is 4.40. The third kappa shape index (κ3) is 3.57. The summed E-state index contributed by atoms with van der Waals surface area (Å²) in [7, 11) is 0. The van der Waals surface area contributed by atoms with Crippen molar-refractivity contribution in [3.05, 3.63) is 27.7 Å². The second kappa shape index (κ2) is 5.24. The van der Waals surface area contributed by atoms with Crippen molar-refractivity contribution in [2.24, 2.45) is 5.84 Å². The van der Waals surface area contributed by atoms with Crippen molar-refractivity contribution in [2.45, 2.75) is 33.2 Å².